The highest BCUT2D eigenvalue weighted by Crippen LogP contribution is 2.27. The smallest absolute Gasteiger partial charge is 0.263 e. The van der Waals surface area contributed by atoms with Gasteiger partial charge in [0.25, 0.3) is 5.91 Å². The molecule has 1 aliphatic heterocycles. The van der Waals surface area contributed by atoms with Crippen molar-refractivity contribution in [1.29, 1.82) is 5.41 Å². The van der Waals surface area contributed by atoms with Crippen molar-refractivity contribution >= 4 is 39.5 Å². The summed E-state index contributed by atoms with van der Waals surface area (Å²) in [5.74, 6) is 0.166. The molecule has 168 valence electrons. The van der Waals surface area contributed by atoms with Crippen molar-refractivity contribution in [2.45, 2.75) is 45.1 Å². The van der Waals surface area contributed by atoms with Crippen LogP contribution in [0.5, 0.6) is 0 Å². The zero-order chi connectivity index (χ0) is 22.5. The fraction of sp³-hybridized carbons (Fsp3) is 0.375. The summed E-state index contributed by atoms with van der Waals surface area (Å²) in [6, 6.07) is 8.29. The van der Waals surface area contributed by atoms with Gasteiger partial charge in [0.2, 0.25) is 0 Å². The van der Waals surface area contributed by atoms with Crippen molar-refractivity contribution in [3.63, 3.8) is 0 Å². The highest BCUT2D eigenvalue weighted by Gasteiger charge is 2.22. The molecule has 2 aromatic heterocycles. The minimum absolute atomic E-state index is 0.0478. The highest BCUT2D eigenvalue weighted by atomic mass is 32.1. The number of hydrogen-bond donors (Lipinski definition) is 4. The Bertz CT molecular complexity index is 1130. The summed E-state index contributed by atoms with van der Waals surface area (Å²) in [5, 5.41) is 22.5. The molecule has 0 spiro atoms. The SMILES string of the molecule is CCCCC(Cc1c[nH]c2ccccc12)NC(=O)c1cnc(N2CCC(O)=C(C=N)C2)s1. The summed E-state index contributed by atoms with van der Waals surface area (Å²) >= 11 is 1.35. The summed E-state index contributed by atoms with van der Waals surface area (Å²) in [6.45, 7) is 3.22. The minimum atomic E-state index is -0.0997. The van der Waals surface area contributed by atoms with Crippen LogP contribution in [-0.4, -0.2) is 46.3 Å². The topological polar surface area (TPSA) is 105 Å². The molecule has 0 radical (unpaired) electrons. The lowest BCUT2D eigenvalue weighted by molar-refractivity contribution is 0.0938. The van der Waals surface area contributed by atoms with Gasteiger partial charge in [0.15, 0.2) is 5.13 Å². The third-order valence-corrected chi connectivity index (χ3v) is 6.95. The molecule has 3 heterocycles. The number of para-hydroxylation sites is 1. The van der Waals surface area contributed by atoms with E-state index in [9.17, 15) is 9.90 Å². The number of anilines is 1. The summed E-state index contributed by atoms with van der Waals surface area (Å²) < 4.78 is 0. The molecule has 32 heavy (non-hydrogen) atoms. The number of thiazole rings is 1. The Morgan fingerprint density at radius 1 is 1.44 bits per heavy atom. The van der Waals surface area contributed by atoms with Crippen LogP contribution in [0, 0.1) is 5.41 Å². The minimum Gasteiger partial charge on any atom is -0.512 e. The van der Waals surface area contributed by atoms with Crippen molar-refractivity contribution in [3.05, 3.63) is 58.4 Å². The molecule has 8 heteroatoms. The van der Waals surface area contributed by atoms with Crippen molar-refractivity contribution in [1.82, 2.24) is 15.3 Å². The van der Waals surface area contributed by atoms with Crippen LogP contribution < -0.4 is 10.2 Å². The van der Waals surface area contributed by atoms with Gasteiger partial charge in [-0.1, -0.05) is 49.3 Å². The van der Waals surface area contributed by atoms with Crippen LogP contribution in [0.25, 0.3) is 10.9 Å². The van der Waals surface area contributed by atoms with E-state index in [1.807, 2.05) is 23.2 Å². The number of nitrogens with one attached hydrogen (secondary N) is 3. The Labute approximate surface area is 191 Å². The number of unbranched alkanes of at least 4 members (excludes halogenated alkanes) is 1. The molecule has 1 aliphatic rings. The van der Waals surface area contributed by atoms with E-state index in [0.29, 0.717) is 30.0 Å². The van der Waals surface area contributed by atoms with Gasteiger partial charge in [0, 0.05) is 54.4 Å². The monoisotopic (exact) mass is 451 g/mol. The van der Waals surface area contributed by atoms with Gasteiger partial charge < -0.3 is 25.7 Å². The Hall–Kier alpha value is -3.13. The van der Waals surface area contributed by atoms with Crippen LogP contribution in [0.15, 0.2) is 48.0 Å². The van der Waals surface area contributed by atoms with E-state index in [-0.39, 0.29) is 17.7 Å². The number of carbonyl (C=O) groups excluding carboxylic acids is 1. The Morgan fingerprint density at radius 2 is 2.28 bits per heavy atom. The van der Waals surface area contributed by atoms with E-state index in [0.717, 1.165) is 36.3 Å². The van der Waals surface area contributed by atoms with Gasteiger partial charge in [-0.2, -0.15) is 0 Å². The normalized spacial score (nSPS) is 15.2. The van der Waals surface area contributed by atoms with E-state index in [1.54, 1.807) is 6.20 Å². The molecule has 0 aliphatic carbocycles. The van der Waals surface area contributed by atoms with E-state index in [1.165, 1.54) is 28.5 Å². The number of amides is 1. The molecule has 1 aromatic carbocycles. The van der Waals surface area contributed by atoms with E-state index < -0.39 is 0 Å². The summed E-state index contributed by atoms with van der Waals surface area (Å²) in [5.41, 5.74) is 2.92. The molecule has 0 saturated heterocycles. The summed E-state index contributed by atoms with van der Waals surface area (Å²) in [7, 11) is 0. The Kier molecular flexibility index (Phi) is 6.90. The largest absolute Gasteiger partial charge is 0.512 e. The third-order valence-electron chi connectivity index (χ3n) is 5.90. The molecule has 0 saturated carbocycles. The number of aliphatic hydroxyl groups excluding tert-OH is 1. The van der Waals surface area contributed by atoms with Gasteiger partial charge in [-0.25, -0.2) is 4.98 Å². The molecule has 0 fully saturated rings. The maximum absolute atomic E-state index is 13.0. The zero-order valence-corrected chi connectivity index (χ0v) is 19.0. The number of benzene rings is 1. The first kappa shape index (κ1) is 22.1. The molecule has 7 nitrogen and oxygen atoms in total. The zero-order valence-electron chi connectivity index (χ0n) is 18.2. The maximum Gasteiger partial charge on any atom is 0.263 e. The fourth-order valence-corrected chi connectivity index (χ4v) is 4.93. The Balaban J connectivity index is 1.45. The van der Waals surface area contributed by atoms with Crippen LogP contribution in [0.2, 0.25) is 0 Å². The van der Waals surface area contributed by atoms with E-state index in [4.69, 9.17) is 5.41 Å². The molecule has 1 amide bonds. The lowest BCUT2D eigenvalue weighted by Gasteiger charge is -2.26. The van der Waals surface area contributed by atoms with Crippen LogP contribution in [0.1, 0.15) is 47.8 Å². The predicted molar refractivity (Wildman–Crippen MR) is 130 cm³/mol. The lowest BCUT2D eigenvalue weighted by atomic mass is 10.0. The van der Waals surface area contributed by atoms with Crippen molar-refractivity contribution in [2.24, 2.45) is 0 Å². The number of carbonyl (C=O) groups is 1. The molecular formula is C24H29N5O2S. The second-order valence-corrected chi connectivity index (χ2v) is 9.18. The second-order valence-electron chi connectivity index (χ2n) is 8.17. The molecule has 4 rings (SSSR count). The highest BCUT2D eigenvalue weighted by molar-refractivity contribution is 7.17. The first-order valence-electron chi connectivity index (χ1n) is 11.1. The standard InChI is InChI=1S/C24H29N5O2S/c1-2-3-6-18(11-16-13-26-20-8-5-4-7-19(16)20)28-23(31)22-14-27-24(32-22)29-10-9-21(30)17(12-25)15-29/h4-5,7-8,12-14,18,25-26,30H,2-3,6,9-11,15H2,1H3,(H,28,31). The number of hydrogen-bond acceptors (Lipinski definition) is 6. The number of fused-ring (bicyclic) bond motifs is 1. The van der Waals surface area contributed by atoms with Crippen molar-refractivity contribution in [3.8, 4) is 0 Å². The summed E-state index contributed by atoms with van der Waals surface area (Å²) in [4.78, 5) is 23.4. The number of rotatable bonds is 9. The molecule has 1 atom stereocenters. The van der Waals surface area contributed by atoms with Gasteiger partial charge >= 0.3 is 0 Å². The van der Waals surface area contributed by atoms with Gasteiger partial charge in [-0.3, -0.25) is 4.79 Å². The first-order chi connectivity index (χ1) is 15.6. The molecule has 4 N–H and O–H groups in total. The molecule has 0 bridgehead atoms. The third kappa shape index (κ3) is 4.85. The average Bonchev–Trinajstić information content (AvgIpc) is 3.46. The first-order valence-corrected chi connectivity index (χ1v) is 11.9. The van der Waals surface area contributed by atoms with Crippen molar-refractivity contribution < 1.29 is 9.90 Å². The van der Waals surface area contributed by atoms with Gasteiger partial charge in [0.05, 0.1) is 6.20 Å². The van der Waals surface area contributed by atoms with E-state index >= 15 is 0 Å². The van der Waals surface area contributed by atoms with Crippen LogP contribution in [0.4, 0.5) is 5.13 Å². The lowest BCUT2D eigenvalue weighted by Crippen LogP contribution is -2.36. The summed E-state index contributed by atoms with van der Waals surface area (Å²) in [6.07, 6.45) is 9.17. The maximum atomic E-state index is 13.0. The molecule has 3 aromatic rings. The van der Waals surface area contributed by atoms with Gasteiger partial charge in [0.1, 0.15) is 10.6 Å². The number of nitrogens with zero attached hydrogens (tertiary/aromatic N) is 2. The number of aromatic amines is 1. The number of aromatic nitrogens is 2. The molecule has 1 unspecified atom stereocenters. The quantitative estimate of drug-likeness (QED) is 0.350. The van der Waals surface area contributed by atoms with Gasteiger partial charge in [-0.15, -0.1) is 0 Å². The predicted octanol–water partition coefficient (Wildman–Crippen LogP) is 4.83. The van der Waals surface area contributed by atoms with Crippen LogP contribution >= 0.6 is 11.3 Å². The number of H-pyrrole nitrogens is 1. The van der Waals surface area contributed by atoms with Crippen LogP contribution in [0.3, 0.4) is 0 Å². The van der Waals surface area contributed by atoms with E-state index in [2.05, 4.69) is 34.3 Å². The van der Waals surface area contributed by atoms with Crippen LogP contribution in [-0.2, 0) is 6.42 Å². The molecular weight excluding hydrogens is 422 g/mol. The fourth-order valence-electron chi connectivity index (χ4n) is 4.08. The average molecular weight is 452 g/mol. The Morgan fingerprint density at radius 3 is 3.09 bits per heavy atom. The second kappa shape index (κ2) is 9.99. The van der Waals surface area contributed by atoms with Crippen molar-refractivity contribution in [2.75, 3.05) is 18.0 Å². The van der Waals surface area contributed by atoms with Gasteiger partial charge in [-0.05, 0) is 24.5 Å². The number of aliphatic hydroxyl groups is 1.